The van der Waals surface area contributed by atoms with E-state index in [-0.39, 0.29) is 5.78 Å². The van der Waals surface area contributed by atoms with Crippen LogP contribution >= 0.6 is 0 Å². The first-order valence-electron chi connectivity index (χ1n) is 4.89. The maximum Gasteiger partial charge on any atom is 0.342 e. The highest BCUT2D eigenvalue weighted by atomic mass is 16.5. The predicted octanol–water partition coefficient (Wildman–Crippen LogP) is 1.89. The summed E-state index contributed by atoms with van der Waals surface area (Å²) in [7, 11) is 1.30. The number of ketones is 1. The average Bonchev–Trinajstić information content (AvgIpc) is 2.55. The van der Waals surface area contributed by atoms with Gasteiger partial charge in [0.1, 0.15) is 17.1 Å². The van der Waals surface area contributed by atoms with E-state index in [0.29, 0.717) is 29.1 Å². The molecule has 0 N–H and O–H groups in total. The van der Waals surface area contributed by atoms with Crippen molar-refractivity contribution in [3.05, 3.63) is 22.6 Å². The summed E-state index contributed by atoms with van der Waals surface area (Å²) in [5.41, 5.74) is 0.739. The summed E-state index contributed by atoms with van der Waals surface area (Å²) in [6, 6.07) is 0. The minimum atomic E-state index is -0.493. The van der Waals surface area contributed by atoms with Crippen LogP contribution in [0.15, 0.2) is 4.42 Å². The van der Waals surface area contributed by atoms with Gasteiger partial charge in [-0.25, -0.2) is 4.79 Å². The smallest absolute Gasteiger partial charge is 0.342 e. The lowest BCUT2D eigenvalue weighted by Gasteiger charge is -2.08. The maximum atomic E-state index is 11.7. The molecule has 4 nitrogen and oxygen atoms in total. The molecule has 15 heavy (non-hydrogen) atoms. The lowest BCUT2D eigenvalue weighted by atomic mass is 9.93. The summed E-state index contributed by atoms with van der Waals surface area (Å²) in [6.07, 6.45) is 1.99. The Bertz CT molecular complexity index is 428. The lowest BCUT2D eigenvalue weighted by Crippen LogP contribution is -2.14. The second-order valence-corrected chi connectivity index (χ2v) is 3.60. The number of hydrogen-bond donors (Lipinski definition) is 0. The van der Waals surface area contributed by atoms with Crippen LogP contribution in [-0.4, -0.2) is 18.9 Å². The molecule has 80 valence electrons. The number of Topliss-reactive ketones (excluding diaryl/α,β-unsaturated/α-hetero) is 1. The molecule has 0 amide bonds. The molecular weight excluding hydrogens is 196 g/mol. The third-order valence-corrected chi connectivity index (χ3v) is 2.63. The zero-order valence-electron chi connectivity index (χ0n) is 8.75. The number of carbonyl (C=O) groups excluding carboxylic acids is 2. The Morgan fingerprint density at radius 3 is 2.80 bits per heavy atom. The Hall–Kier alpha value is -1.58. The minimum Gasteiger partial charge on any atom is -0.465 e. The fourth-order valence-electron chi connectivity index (χ4n) is 1.96. The van der Waals surface area contributed by atoms with Gasteiger partial charge < -0.3 is 9.15 Å². The summed E-state index contributed by atoms with van der Waals surface area (Å²) < 4.78 is 10.0. The van der Waals surface area contributed by atoms with Crippen molar-refractivity contribution in [3.8, 4) is 0 Å². The zero-order chi connectivity index (χ0) is 11.0. The Morgan fingerprint density at radius 1 is 1.40 bits per heavy atom. The van der Waals surface area contributed by atoms with Gasteiger partial charge in [-0.3, -0.25) is 4.79 Å². The molecule has 0 saturated carbocycles. The van der Waals surface area contributed by atoms with Crippen LogP contribution in [-0.2, 0) is 11.2 Å². The molecule has 0 radical (unpaired) electrons. The molecule has 0 aromatic carbocycles. The zero-order valence-corrected chi connectivity index (χ0v) is 8.75. The molecule has 0 bridgehead atoms. The Morgan fingerprint density at radius 2 is 2.13 bits per heavy atom. The third kappa shape index (κ3) is 1.46. The van der Waals surface area contributed by atoms with Crippen molar-refractivity contribution in [2.24, 2.45) is 0 Å². The first kappa shape index (κ1) is 9.96. The van der Waals surface area contributed by atoms with Crippen molar-refractivity contribution >= 4 is 11.8 Å². The fraction of sp³-hybridized carbons (Fsp3) is 0.455. The number of furan rings is 1. The normalized spacial score (nSPS) is 14.9. The molecular formula is C11H12O4. The van der Waals surface area contributed by atoms with Crippen molar-refractivity contribution in [2.45, 2.75) is 26.2 Å². The molecule has 0 aliphatic heterocycles. The fourth-order valence-corrected chi connectivity index (χ4v) is 1.96. The summed E-state index contributed by atoms with van der Waals surface area (Å²) in [4.78, 5) is 23.2. The summed E-state index contributed by atoms with van der Waals surface area (Å²) in [5.74, 6) is 0.590. The summed E-state index contributed by atoms with van der Waals surface area (Å²) in [5, 5.41) is 0. The van der Waals surface area contributed by atoms with Crippen LogP contribution in [0.1, 0.15) is 45.1 Å². The molecule has 1 aromatic rings. The van der Waals surface area contributed by atoms with Gasteiger partial charge in [-0.2, -0.15) is 0 Å². The molecule has 0 spiro atoms. The maximum absolute atomic E-state index is 11.7. The standard InChI is InChI=1S/C11H12O4/c1-6-9(11(13)14-2)10-7(12)4-3-5-8(10)15-6/h3-5H2,1-2H3. The van der Waals surface area contributed by atoms with Crippen LogP contribution in [0.2, 0.25) is 0 Å². The van der Waals surface area contributed by atoms with Gasteiger partial charge in [0, 0.05) is 12.8 Å². The van der Waals surface area contributed by atoms with Gasteiger partial charge in [0.2, 0.25) is 0 Å². The van der Waals surface area contributed by atoms with E-state index in [4.69, 9.17) is 4.42 Å². The van der Waals surface area contributed by atoms with E-state index < -0.39 is 5.97 Å². The van der Waals surface area contributed by atoms with E-state index >= 15 is 0 Å². The van der Waals surface area contributed by atoms with Crippen molar-refractivity contribution in [1.82, 2.24) is 0 Å². The Kier molecular flexibility index (Phi) is 2.34. The first-order valence-corrected chi connectivity index (χ1v) is 4.89. The van der Waals surface area contributed by atoms with Gasteiger partial charge in [0.15, 0.2) is 5.78 Å². The molecule has 0 fully saturated rings. The van der Waals surface area contributed by atoms with Crippen molar-refractivity contribution in [3.63, 3.8) is 0 Å². The van der Waals surface area contributed by atoms with Crippen LogP contribution in [0.3, 0.4) is 0 Å². The minimum absolute atomic E-state index is 0.0199. The molecule has 1 heterocycles. The summed E-state index contributed by atoms with van der Waals surface area (Å²) in [6.45, 7) is 1.68. The molecule has 1 aromatic heterocycles. The second-order valence-electron chi connectivity index (χ2n) is 3.60. The predicted molar refractivity (Wildman–Crippen MR) is 52.1 cm³/mol. The van der Waals surface area contributed by atoms with Gasteiger partial charge in [0.25, 0.3) is 0 Å². The molecule has 4 heteroatoms. The Labute approximate surface area is 87.2 Å². The number of esters is 1. The van der Waals surface area contributed by atoms with Gasteiger partial charge in [-0.15, -0.1) is 0 Å². The van der Waals surface area contributed by atoms with E-state index in [9.17, 15) is 9.59 Å². The molecule has 0 atom stereocenters. The van der Waals surface area contributed by atoms with E-state index in [1.807, 2.05) is 0 Å². The number of fused-ring (bicyclic) bond motifs is 1. The van der Waals surface area contributed by atoms with Gasteiger partial charge >= 0.3 is 5.97 Å². The largest absolute Gasteiger partial charge is 0.465 e. The Balaban J connectivity index is 2.59. The van der Waals surface area contributed by atoms with E-state index in [1.165, 1.54) is 7.11 Å². The molecule has 0 saturated heterocycles. The topological polar surface area (TPSA) is 56.5 Å². The van der Waals surface area contributed by atoms with Crippen LogP contribution in [0, 0.1) is 6.92 Å². The number of methoxy groups -OCH3 is 1. The molecule has 1 aliphatic carbocycles. The molecule has 2 rings (SSSR count). The molecule has 0 unspecified atom stereocenters. The number of aryl methyl sites for hydroxylation is 2. The number of hydrogen-bond acceptors (Lipinski definition) is 4. The van der Waals surface area contributed by atoms with Crippen LogP contribution in [0.4, 0.5) is 0 Å². The lowest BCUT2D eigenvalue weighted by molar-refractivity contribution is 0.0595. The quantitative estimate of drug-likeness (QED) is 0.661. The van der Waals surface area contributed by atoms with Gasteiger partial charge in [0.05, 0.1) is 12.7 Å². The highest BCUT2D eigenvalue weighted by Crippen LogP contribution is 2.29. The van der Waals surface area contributed by atoms with Crippen molar-refractivity contribution in [1.29, 1.82) is 0 Å². The van der Waals surface area contributed by atoms with Gasteiger partial charge in [-0.1, -0.05) is 0 Å². The number of rotatable bonds is 1. The van der Waals surface area contributed by atoms with Crippen molar-refractivity contribution < 1.29 is 18.7 Å². The van der Waals surface area contributed by atoms with E-state index in [0.717, 1.165) is 12.8 Å². The first-order chi connectivity index (χ1) is 7.15. The SMILES string of the molecule is COC(=O)c1c(C)oc2c1C(=O)CCC2. The third-order valence-electron chi connectivity index (χ3n) is 2.63. The number of ether oxygens (including phenoxy) is 1. The number of carbonyl (C=O) groups is 2. The van der Waals surface area contributed by atoms with Crippen LogP contribution < -0.4 is 0 Å². The monoisotopic (exact) mass is 208 g/mol. The van der Waals surface area contributed by atoms with Crippen molar-refractivity contribution in [2.75, 3.05) is 7.11 Å². The van der Waals surface area contributed by atoms with Crippen LogP contribution in [0.5, 0.6) is 0 Å². The van der Waals surface area contributed by atoms with Gasteiger partial charge in [-0.05, 0) is 13.3 Å². The average molecular weight is 208 g/mol. The highest BCUT2D eigenvalue weighted by Gasteiger charge is 2.30. The summed E-state index contributed by atoms with van der Waals surface area (Å²) >= 11 is 0. The second kappa shape index (κ2) is 3.53. The van der Waals surface area contributed by atoms with E-state index in [2.05, 4.69) is 4.74 Å². The van der Waals surface area contributed by atoms with Crippen LogP contribution in [0.25, 0.3) is 0 Å². The molecule has 1 aliphatic rings. The highest BCUT2D eigenvalue weighted by molar-refractivity contribution is 6.08. The van der Waals surface area contributed by atoms with E-state index in [1.54, 1.807) is 6.92 Å².